The van der Waals surface area contributed by atoms with Crippen LogP contribution in [-0.4, -0.2) is 21.4 Å². The van der Waals surface area contributed by atoms with Crippen molar-refractivity contribution in [3.8, 4) is 0 Å². The molecule has 0 saturated heterocycles. The van der Waals surface area contributed by atoms with Gasteiger partial charge in [0.15, 0.2) is 6.29 Å². The van der Waals surface area contributed by atoms with Crippen LogP contribution in [0.5, 0.6) is 0 Å². The molecule has 0 saturated carbocycles. The first-order chi connectivity index (χ1) is 6.86. The molecule has 2 N–H and O–H groups in total. The third kappa shape index (κ3) is 1.17. The lowest BCUT2D eigenvalue weighted by molar-refractivity contribution is -0.103. The maximum atomic E-state index is 10.6. The van der Waals surface area contributed by atoms with Crippen molar-refractivity contribution in [1.82, 2.24) is 9.97 Å². The number of carbonyl (C=O) groups excluding carboxylic acids is 1. The van der Waals surface area contributed by atoms with Gasteiger partial charge in [-0.3, -0.25) is 9.78 Å². The van der Waals surface area contributed by atoms with Gasteiger partial charge in [-0.1, -0.05) is 0 Å². The van der Waals surface area contributed by atoms with E-state index in [-0.39, 0.29) is 5.57 Å². The lowest BCUT2D eigenvalue weighted by Crippen LogP contribution is -1.91. The Labute approximate surface area is 79.9 Å². The molecule has 2 aromatic rings. The lowest BCUT2D eigenvalue weighted by Gasteiger charge is -1.99. The van der Waals surface area contributed by atoms with Crippen molar-refractivity contribution >= 4 is 22.8 Å². The van der Waals surface area contributed by atoms with Gasteiger partial charge < -0.3 is 10.1 Å². The normalized spacial score (nSPS) is 11.9. The number of hydrogen-bond acceptors (Lipinski definition) is 3. The van der Waals surface area contributed by atoms with E-state index in [2.05, 4.69) is 9.97 Å². The van der Waals surface area contributed by atoms with E-state index in [1.54, 1.807) is 18.5 Å². The van der Waals surface area contributed by atoms with Crippen LogP contribution in [0.15, 0.2) is 30.8 Å². The molecule has 2 heterocycles. The highest BCUT2D eigenvalue weighted by Gasteiger charge is 2.07. The molecule has 0 aromatic carbocycles. The van der Waals surface area contributed by atoms with E-state index < -0.39 is 0 Å². The molecule has 2 aromatic heterocycles. The summed E-state index contributed by atoms with van der Waals surface area (Å²) >= 11 is 0. The van der Waals surface area contributed by atoms with Gasteiger partial charge in [0.25, 0.3) is 0 Å². The minimum absolute atomic E-state index is 0.176. The second-order valence-electron chi connectivity index (χ2n) is 2.80. The van der Waals surface area contributed by atoms with Crippen molar-refractivity contribution in [3.63, 3.8) is 0 Å². The molecule has 0 fully saturated rings. The number of aliphatic hydroxyl groups is 1. The van der Waals surface area contributed by atoms with Crippen LogP contribution < -0.4 is 0 Å². The smallest absolute Gasteiger partial charge is 0.155 e. The largest absolute Gasteiger partial charge is 0.515 e. The number of H-pyrrole nitrogens is 1. The summed E-state index contributed by atoms with van der Waals surface area (Å²) in [6, 6.07) is 3.61. The number of carbonyl (C=O) groups is 1. The summed E-state index contributed by atoms with van der Waals surface area (Å²) in [4.78, 5) is 17.7. The Balaban J connectivity index is 2.73. The van der Waals surface area contributed by atoms with Crippen LogP contribution in [-0.2, 0) is 4.79 Å². The van der Waals surface area contributed by atoms with Crippen LogP contribution >= 0.6 is 0 Å². The first kappa shape index (κ1) is 8.50. The molecule has 4 nitrogen and oxygen atoms in total. The molecule has 0 aliphatic rings. The summed E-state index contributed by atoms with van der Waals surface area (Å²) in [5.74, 6) is 0. The number of aromatic nitrogens is 2. The molecule has 0 atom stereocenters. The number of allylic oxidation sites excluding steroid dienone is 1. The number of pyridine rings is 1. The van der Waals surface area contributed by atoms with Gasteiger partial charge >= 0.3 is 0 Å². The molecule has 2 rings (SSSR count). The third-order valence-corrected chi connectivity index (χ3v) is 2.02. The number of hydrogen-bond donors (Lipinski definition) is 2. The van der Waals surface area contributed by atoms with Gasteiger partial charge in [0.2, 0.25) is 0 Å². The number of aromatic amines is 1. The fourth-order valence-electron chi connectivity index (χ4n) is 1.36. The van der Waals surface area contributed by atoms with E-state index >= 15 is 0 Å². The Morgan fingerprint density at radius 3 is 3.07 bits per heavy atom. The fourth-order valence-corrected chi connectivity index (χ4v) is 1.36. The summed E-state index contributed by atoms with van der Waals surface area (Å²) in [6.45, 7) is 0. The number of nitrogens with one attached hydrogen (secondary N) is 1. The van der Waals surface area contributed by atoms with Crippen molar-refractivity contribution in [1.29, 1.82) is 0 Å². The Morgan fingerprint density at radius 1 is 1.50 bits per heavy atom. The average Bonchev–Trinajstić information content (AvgIpc) is 2.68. The maximum absolute atomic E-state index is 10.6. The highest BCUT2D eigenvalue weighted by molar-refractivity contribution is 6.10. The summed E-state index contributed by atoms with van der Waals surface area (Å²) in [7, 11) is 0. The zero-order valence-corrected chi connectivity index (χ0v) is 7.27. The summed E-state index contributed by atoms with van der Waals surface area (Å²) in [5.41, 5.74) is 1.55. The highest BCUT2D eigenvalue weighted by atomic mass is 16.2. The quantitative estimate of drug-likeness (QED) is 0.428. The van der Waals surface area contributed by atoms with Crippen molar-refractivity contribution in [2.75, 3.05) is 0 Å². The van der Waals surface area contributed by atoms with Crippen LogP contribution in [0.2, 0.25) is 0 Å². The van der Waals surface area contributed by atoms with Crippen LogP contribution in [0, 0.1) is 0 Å². The molecular weight excluding hydrogens is 180 g/mol. The van der Waals surface area contributed by atoms with E-state index in [0.29, 0.717) is 12.0 Å². The van der Waals surface area contributed by atoms with E-state index in [9.17, 15) is 4.79 Å². The Bertz CT molecular complexity index is 500. The Kier molecular flexibility index (Phi) is 2.02. The van der Waals surface area contributed by atoms with E-state index in [1.165, 1.54) is 0 Å². The molecule has 70 valence electrons. The van der Waals surface area contributed by atoms with Gasteiger partial charge in [0.05, 0.1) is 17.5 Å². The van der Waals surface area contributed by atoms with E-state index in [1.807, 2.05) is 6.07 Å². The number of rotatable bonds is 2. The van der Waals surface area contributed by atoms with Crippen LogP contribution in [0.25, 0.3) is 16.5 Å². The molecule has 0 bridgehead atoms. The SMILES string of the molecule is O=CC(=CO)c1nccc2[nH]ccc12. The maximum Gasteiger partial charge on any atom is 0.155 e. The molecule has 0 spiro atoms. The molecule has 4 heteroatoms. The zero-order chi connectivity index (χ0) is 9.97. The highest BCUT2D eigenvalue weighted by Crippen LogP contribution is 2.20. The van der Waals surface area contributed by atoms with Gasteiger partial charge in [0.1, 0.15) is 0 Å². The van der Waals surface area contributed by atoms with Crippen molar-refractivity contribution in [3.05, 3.63) is 36.5 Å². The minimum atomic E-state index is 0.176. The van der Waals surface area contributed by atoms with Gasteiger partial charge in [-0.05, 0) is 12.1 Å². The summed E-state index contributed by atoms with van der Waals surface area (Å²) in [6.07, 6.45) is 4.69. The predicted molar refractivity (Wildman–Crippen MR) is 52.8 cm³/mol. The first-order valence-electron chi connectivity index (χ1n) is 4.09. The van der Waals surface area contributed by atoms with Crippen molar-refractivity contribution < 1.29 is 9.90 Å². The lowest BCUT2D eigenvalue weighted by atomic mass is 10.1. The van der Waals surface area contributed by atoms with Crippen molar-refractivity contribution in [2.45, 2.75) is 0 Å². The molecule has 0 unspecified atom stereocenters. The van der Waals surface area contributed by atoms with Gasteiger partial charge in [-0.25, -0.2) is 0 Å². The molecular formula is C10H8N2O2. The number of fused-ring (bicyclic) bond motifs is 1. The standard InChI is InChI=1S/C10H8N2O2/c13-5-7(6-14)10-8-1-3-11-9(8)2-4-12-10/h1-6,11,13H. The number of aldehydes is 1. The second-order valence-corrected chi connectivity index (χ2v) is 2.80. The minimum Gasteiger partial charge on any atom is -0.515 e. The van der Waals surface area contributed by atoms with Gasteiger partial charge in [0, 0.05) is 23.3 Å². The summed E-state index contributed by atoms with van der Waals surface area (Å²) in [5, 5.41) is 9.65. The van der Waals surface area contributed by atoms with Gasteiger partial charge in [-0.15, -0.1) is 0 Å². The van der Waals surface area contributed by atoms with Gasteiger partial charge in [-0.2, -0.15) is 0 Å². The monoisotopic (exact) mass is 188 g/mol. The molecule has 14 heavy (non-hydrogen) atoms. The van der Waals surface area contributed by atoms with Crippen LogP contribution in [0.3, 0.4) is 0 Å². The average molecular weight is 188 g/mol. The summed E-state index contributed by atoms with van der Waals surface area (Å²) < 4.78 is 0. The molecule has 0 radical (unpaired) electrons. The Hall–Kier alpha value is -2.10. The predicted octanol–water partition coefficient (Wildman–Crippen LogP) is 1.66. The van der Waals surface area contributed by atoms with Crippen LogP contribution in [0.4, 0.5) is 0 Å². The zero-order valence-electron chi connectivity index (χ0n) is 7.27. The van der Waals surface area contributed by atoms with E-state index in [4.69, 9.17) is 5.11 Å². The van der Waals surface area contributed by atoms with Crippen molar-refractivity contribution in [2.24, 2.45) is 0 Å². The fraction of sp³-hybridized carbons (Fsp3) is 0. The number of aliphatic hydroxyl groups excluding tert-OH is 1. The number of nitrogens with zero attached hydrogens (tertiary/aromatic N) is 1. The van der Waals surface area contributed by atoms with E-state index in [0.717, 1.165) is 17.2 Å². The van der Waals surface area contributed by atoms with Crippen LogP contribution in [0.1, 0.15) is 5.69 Å². The third-order valence-electron chi connectivity index (χ3n) is 2.02. The molecule has 0 aliphatic heterocycles. The molecule has 0 amide bonds. The first-order valence-corrected chi connectivity index (χ1v) is 4.09. The second kappa shape index (κ2) is 3.33. The molecule has 0 aliphatic carbocycles. The Morgan fingerprint density at radius 2 is 2.36 bits per heavy atom. The topological polar surface area (TPSA) is 66.0 Å².